The van der Waals surface area contributed by atoms with Gasteiger partial charge in [0.1, 0.15) is 5.76 Å². The zero-order valence-corrected chi connectivity index (χ0v) is 9.14. The summed E-state index contributed by atoms with van der Waals surface area (Å²) in [6, 6.07) is 7.58. The molecule has 0 fully saturated rings. The van der Waals surface area contributed by atoms with E-state index in [0.717, 1.165) is 14.4 Å². The van der Waals surface area contributed by atoms with Gasteiger partial charge in [0.05, 0.1) is 16.1 Å². The summed E-state index contributed by atoms with van der Waals surface area (Å²) in [7, 11) is 0. The summed E-state index contributed by atoms with van der Waals surface area (Å²) < 4.78 is 6.31. The highest BCUT2D eigenvalue weighted by Crippen LogP contribution is 2.29. The maximum atomic E-state index is 5.97. The van der Waals surface area contributed by atoms with E-state index in [-0.39, 0.29) is 6.04 Å². The molecule has 13 heavy (non-hydrogen) atoms. The Hall–Kier alpha value is -0.580. The van der Waals surface area contributed by atoms with Crippen LogP contribution in [0.1, 0.15) is 16.7 Å². The first-order valence-electron chi connectivity index (χ1n) is 3.81. The van der Waals surface area contributed by atoms with Crippen molar-refractivity contribution < 1.29 is 4.42 Å². The van der Waals surface area contributed by atoms with Crippen molar-refractivity contribution in [2.45, 2.75) is 6.04 Å². The second-order valence-electron chi connectivity index (χ2n) is 2.63. The molecule has 2 N–H and O–H groups in total. The summed E-state index contributed by atoms with van der Waals surface area (Å²) in [5, 5.41) is 0. The molecule has 2 heterocycles. The molecule has 1 unspecified atom stereocenters. The van der Waals surface area contributed by atoms with Crippen LogP contribution in [0.3, 0.4) is 0 Å². The lowest BCUT2D eigenvalue weighted by molar-refractivity contribution is 0.492. The Bertz CT molecular complexity index is 382. The van der Waals surface area contributed by atoms with E-state index in [1.165, 1.54) is 0 Å². The molecule has 2 nitrogen and oxygen atoms in total. The molecule has 2 aromatic heterocycles. The number of nitrogens with two attached hydrogens (primary N) is 1. The maximum absolute atomic E-state index is 5.97. The van der Waals surface area contributed by atoms with Crippen LogP contribution in [0.25, 0.3) is 0 Å². The van der Waals surface area contributed by atoms with E-state index >= 15 is 0 Å². The molecule has 0 saturated heterocycles. The fourth-order valence-electron chi connectivity index (χ4n) is 1.10. The van der Waals surface area contributed by atoms with Crippen molar-refractivity contribution in [1.29, 1.82) is 0 Å². The molecule has 0 bridgehead atoms. The molecule has 2 aromatic rings. The van der Waals surface area contributed by atoms with Crippen molar-refractivity contribution in [2.75, 3.05) is 0 Å². The molecule has 0 radical (unpaired) electrons. The lowest BCUT2D eigenvalue weighted by Crippen LogP contribution is -2.08. The number of furan rings is 1. The average Bonchev–Trinajstić information content (AvgIpc) is 2.72. The van der Waals surface area contributed by atoms with Gasteiger partial charge in [-0.3, -0.25) is 0 Å². The molecule has 0 aliphatic carbocycles. The fourth-order valence-corrected chi connectivity index (χ4v) is 2.54. The van der Waals surface area contributed by atoms with Crippen LogP contribution in [0.2, 0.25) is 0 Å². The van der Waals surface area contributed by atoms with Gasteiger partial charge in [0.25, 0.3) is 0 Å². The second kappa shape index (κ2) is 3.65. The third-order valence-corrected chi connectivity index (χ3v) is 3.46. The first kappa shape index (κ1) is 8.99. The Morgan fingerprint density at radius 1 is 1.38 bits per heavy atom. The van der Waals surface area contributed by atoms with E-state index in [0.29, 0.717) is 0 Å². The van der Waals surface area contributed by atoms with Crippen LogP contribution in [0.4, 0.5) is 0 Å². The van der Waals surface area contributed by atoms with Crippen molar-refractivity contribution in [2.24, 2.45) is 5.73 Å². The summed E-state index contributed by atoms with van der Waals surface area (Å²) in [5.41, 5.74) is 5.97. The van der Waals surface area contributed by atoms with Crippen LogP contribution in [-0.4, -0.2) is 0 Å². The molecule has 0 aliphatic heterocycles. The molecule has 0 amide bonds. The molecule has 2 rings (SSSR count). The van der Waals surface area contributed by atoms with Gasteiger partial charge in [-0.25, -0.2) is 0 Å². The highest BCUT2D eigenvalue weighted by Gasteiger charge is 2.12. The van der Waals surface area contributed by atoms with Crippen molar-refractivity contribution in [1.82, 2.24) is 0 Å². The van der Waals surface area contributed by atoms with E-state index in [1.807, 2.05) is 24.3 Å². The minimum atomic E-state index is -0.147. The molecule has 68 valence electrons. The van der Waals surface area contributed by atoms with E-state index < -0.39 is 0 Å². The predicted octanol–water partition coefficient (Wildman–Crippen LogP) is 3.15. The largest absolute Gasteiger partial charge is 0.467 e. The van der Waals surface area contributed by atoms with Gasteiger partial charge in [0.2, 0.25) is 0 Å². The third-order valence-electron chi connectivity index (χ3n) is 1.75. The molecule has 0 aromatic carbocycles. The van der Waals surface area contributed by atoms with Crippen LogP contribution in [-0.2, 0) is 0 Å². The second-order valence-corrected chi connectivity index (χ2v) is 5.13. The monoisotopic (exact) mass is 257 g/mol. The highest BCUT2D eigenvalue weighted by molar-refractivity contribution is 9.11. The number of rotatable bonds is 2. The van der Waals surface area contributed by atoms with Crippen molar-refractivity contribution in [3.8, 4) is 0 Å². The summed E-state index contributed by atoms with van der Waals surface area (Å²) in [4.78, 5) is 1.10. The van der Waals surface area contributed by atoms with Crippen LogP contribution in [0.5, 0.6) is 0 Å². The standard InChI is InChI=1S/C9H8BrNOS/c10-8-4-3-7(13-8)9(11)6-2-1-5-12-6/h1-5,9H,11H2. The van der Waals surface area contributed by atoms with Crippen LogP contribution in [0, 0.1) is 0 Å². The summed E-state index contributed by atoms with van der Waals surface area (Å²) in [5.74, 6) is 0.800. The Labute approximate surface area is 88.5 Å². The van der Waals surface area contributed by atoms with Crippen molar-refractivity contribution >= 4 is 27.3 Å². The maximum Gasteiger partial charge on any atom is 0.125 e. The lowest BCUT2D eigenvalue weighted by atomic mass is 10.2. The number of hydrogen-bond acceptors (Lipinski definition) is 3. The minimum Gasteiger partial charge on any atom is -0.467 e. The van der Waals surface area contributed by atoms with Gasteiger partial charge in [0.15, 0.2) is 0 Å². The first-order valence-corrected chi connectivity index (χ1v) is 5.42. The van der Waals surface area contributed by atoms with E-state index in [9.17, 15) is 0 Å². The Balaban J connectivity index is 2.28. The Morgan fingerprint density at radius 2 is 2.23 bits per heavy atom. The normalized spacial score (nSPS) is 13.1. The molecular formula is C9H8BrNOS. The van der Waals surface area contributed by atoms with Gasteiger partial charge in [-0.2, -0.15) is 0 Å². The molecule has 4 heteroatoms. The van der Waals surface area contributed by atoms with Gasteiger partial charge in [0, 0.05) is 4.88 Å². The fraction of sp³-hybridized carbons (Fsp3) is 0.111. The van der Waals surface area contributed by atoms with Crippen LogP contribution < -0.4 is 5.73 Å². The lowest BCUT2D eigenvalue weighted by Gasteiger charge is -2.04. The first-order chi connectivity index (χ1) is 6.27. The Kier molecular flexibility index (Phi) is 2.53. The van der Waals surface area contributed by atoms with Crippen LogP contribution >= 0.6 is 27.3 Å². The molecule has 0 aliphatic rings. The third kappa shape index (κ3) is 1.85. The summed E-state index contributed by atoms with van der Waals surface area (Å²) in [6.45, 7) is 0. The molecule has 1 atom stereocenters. The minimum absolute atomic E-state index is 0.147. The average molecular weight is 258 g/mol. The smallest absolute Gasteiger partial charge is 0.125 e. The SMILES string of the molecule is NC(c1ccco1)c1ccc(Br)s1. The van der Waals surface area contributed by atoms with Crippen molar-refractivity contribution in [3.05, 3.63) is 45.0 Å². The van der Waals surface area contributed by atoms with E-state index in [4.69, 9.17) is 10.2 Å². The van der Waals surface area contributed by atoms with Gasteiger partial charge in [-0.15, -0.1) is 11.3 Å². The topological polar surface area (TPSA) is 39.2 Å². The van der Waals surface area contributed by atoms with Gasteiger partial charge >= 0.3 is 0 Å². The van der Waals surface area contributed by atoms with E-state index in [2.05, 4.69) is 15.9 Å². The molecule has 0 spiro atoms. The van der Waals surface area contributed by atoms with Crippen molar-refractivity contribution in [3.63, 3.8) is 0 Å². The van der Waals surface area contributed by atoms with E-state index in [1.54, 1.807) is 17.6 Å². The zero-order chi connectivity index (χ0) is 9.26. The summed E-state index contributed by atoms with van der Waals surface area (Å²) in [6.07, 6.45) is 1.64. The summed E-state index contributed by atoms with van der Waals surface area (Å²) >= 11 is 5.02. The highest BCUT2D eigenvalue weighted by atomic mass is 79.9. The Morgan fingerprint density at radius 3 is 2.77 bits per heavy atom. The quantitative estimate of drug-likeness (QED) is 0.898. The van der Waals surface area contributed by atoms with Gasteiger partial charge < -0.3 is 10.2 Å². The zero-order valence-electron chi connectivity index (χ0n) is 6.74. The van der Waals surface area contributed by atoms with Gasteiger partial charge in [-0.1, -0.05) is 0 Å². The number of thiophene rings is 1. The molecule has 0 saturated carbocycles. The predicted molar refractivity (Wildman–Crippen MR) is 56.8 cm³/mol. The number of hydrogen-bond donors (Lipinski definition) is 1. The number of halogens is 1. The van der Waals surface area contributed by atoms with Gasteiger partial charge in [-0.05, 0) is 40.2 Å². The van der Waals surface area contributed by atoms with Crippen LogP contribution in [0.15, 0.2) is 38.7 Å². The molecular weight excluding hydrogens is 250 g/mol.